The summed E-state index contributed by atoms with van der Waals surface area (Å²) in [6.07, 6.45) is 3.29. The van der Waals surface area contributed by atoms with Gasteiger partial charge in [0.15, 0.2) is 0 Å². The van der Waals surface area contributed by atoms with E-state index < -0.39 is 0 Å². The molecule has 104 valence electrons. The minimum Gasteiger partial charge on any atom is -0.252 e. The van der Waals surface area contributed by atoms with Crippen LogP contribution < -0.4 is 0 Å². The highest BCUT2D eigenvalue weighted by molar-refractivity contribution is 5.77. The van der Waals surface area contributed by atoms with E-state index >= 15 is 0 Å². The van der Waals surface area contributed by atoms with Crippen LogP contribution in [-0.2, 0) is 0 Å². The van der Waals surface area contributed by atoms with Crippen molar-refractivity contribution in [1.29, 1.82) is 0 Å². The highest BCUT2D eigenvalue weighted by Gasteiger charge is 2.11. The van der Waals surface area contributed by atoms with Gasteiger partial charge in [-0.1, -0.05) is 42.0 Å². The molecule has 0 aliphatic heterocycles. The van der Waals surface area contributed by atoms with Crippen molar-refractivity contribution in [1.82, 2.24) is 9.97 Å². The quantitative estimate of drug-likeness (QED) is 0.686. The van der Waals surface area contributed by atoms with Gasteiger partial charge in [0.05, 0.1) is 11.4 Å². The largest absolute Gasteiger partial charge is 0.252 e. The molecule has 2 nitrogen and oxygen atoms in total. The van der Waals surface area contributed by atoms with Crippen LogP contribution in [0.1, 0.15) is 11.1 Å². The van der Waals surface area contributed by atoms with Crippen LogP contribution in [-0.4, -0.2) is 9.97 Å². The average Bonchev–Trinajstić information content (AvgIpc) is 2.51. The fourth-order valence-electron chi connectivity index (χ4n) is 2.21. The monoisotopic (exact) mass is 278 g/mol. The number of benzene rings is 2. The molecule has 0 fully saturated rings. The third-order valence-corrected chi connectivity index (χ3v) is 3.47. The maximum atomic E-state index is 13.8. The standard InChI is InChI=1S/C18H15FN2/c1-12-3-6-14(7-4-12)17-18(21-10-9-20-17)15-8-5-13(2)16(19)11-15/h3-11H,1-2H3. The zero-order valence-corrected chi connectivity index (χ0v) is 12.0. The van der Waals surface area contributed by atoms with E-state index in [-0.39, 0.29) is 5.82 Å². The van der Waals surface area contributed by atoms with Gasteiger partial charge in [-0.15, -0.1) is 0 Å². The van der Waals surface area contributed by atoms with Crippen LogP contribution in [0.4, 0.5) is 4.39 Å². The van der Waals surface area contributed by atoms with Crippen molar-refractivity contribution in [3.05, 3.63) is 71.8 Å². The number of aryl methyl sites for hydroxylation is 2. The van der Waals surface area contributed by atoms with Crippen molar-refractivity contribution in [2.75, 3.05) is 0 Å². The number of aromatic nitrogens is 2. The van der Waals surface area contributed by atoms with Crippen molar-refractivity contribution in [2.24, 2.45) is 0 Å². The molecule has 21 heavy (non-hydrogen) atoms. The van der Waals surface area contributed by atoms with Gasteiger partial charge in [0.2, 0.25) is 0 Å². The molecule has 0 bridgehead atoms. The van der Waals surface area contributed by atoms with Crippen molar-refractivity contribution in [3.63, 3.8) is 0 Å². The molecule has 0 atom stereocenters. The Morgan fingerprint density at radius 2 is 1.33 bits per heavy atom. The summed E-state index contributed by atoms with van der Waals surface area (Å²) in [5, 5.41) is 0. The number of hydrogen-bond donors (Lipinski definition) is 0. The van der Waals surface area contributed by atoms with Gasteiger partial charge in [-0.25, -0.2) is 4.39 Å². The predicted octanol–water partition coefficient (Wildman–Crippen LogP) is 4.57. The van der Waals surface area contributed by atoms with Crippen molar-refractivity contribution in [2.45, 2.75) is 13.8 Å². The molecule has 0 saturated carbocycles. The van der Waals surface area contributed by atoms with E-state index in [0.717, 1.165) is 16.8 Å². The van der Waals surface area contributed by atoms with Gasteiger partial charge in [0.1, 0.15) is 5.82 Å². The maximum Gasteiger partial charge on any atom is 0.126 e. The Bertz CT molecular complexity index is 779. The highest BCUT2D eigenvalue weighted by atomic mass is 19.1. The van der Waals surface area contributed by atoms with Crippen molar-refractivity contribution >= 4 is 0 Å². The lowest BCUT2D eigenvalue weighted by molar-refractivity contribution is 0.619. The topological polar surface area (TPSA) is 25.8 Å². The second-order valence-electron chi connectivity index (χ2n) is 5.08. The summed E-state index contributed by atoms with van der Waals surface area (Å²) in [6, 6.07) is 13.2. The zero-order valence-electron chi connectivity index (χ0n) is 12.0. The molecule has 0 aliphatic carbocycles. The average molecular weight is 278 g/mol. The van der Waals surface area contributed by atoms with E-state index in [1.54, 1.807) is 25.4 Å². The van der Waals surface area contributed by atoms with Crippen LogP contribution in [0.25, 0.3) is 22.5 Å². The molecular formula is C18H15FN2. The number of nitrogens with zero attached hydrogens (tertiary/aromatic N) is 2. The third kappa shape index (κ3) is 2.68. The van der Waals surface area contributed by atoms with E-state index in [1.807, 2.05) is 37.3 Å². The van der Waals surface area contributed by atoms with Crippen molar-refractivity contribution in [3.8, 4) is 22.5 Å². The smallest absolute Gasteiger partial charge is 0.126 e. The Labute approximate surface area is 123 Å². The first-order chi connectivity index (χ1) is 10.1. The molecule has 2 aromatic carbocycles. The number of hydrogen-bond acceptors (Lipinski definition) is 2. The summed E-state index contributed by atoms with van der Waals surface area (Å²) in [5.74, 6) is -0.229. The summed E-state index contributed by atoms with van der Waals surface area (Å²) in [4.78, 5) is 8.81. The highest BCUT2D eigenvalue weighted by Crippen LogP contribution is 2.29. The molecule has 3 rings (SSSR count). The Kier molecular flexibility index (Phi) is 3.48. The van der Waals surface area contributed by atoms with Gasteiger partial charge < -0.3 is 0 Å². The number of halogens is 1. The normalized spacial score (nSPS) is 10.6. The molecule has 1 aromatic heterocycles. The Hall–Kier alpha value is -2.55. The van der Waals surface area contributed by atoms with Gasteiger partial charge in [-0.3, -0.25) is 9.97 Å². The van der Waals surface area contributed by atoms with Crippen molar-refractivity contribution < 1.29 is 4.39 Å². The number of rotatable bonds is 2. The van der Waals surface area contributed by atoms with Gasteiger partial charge in [0.25, 0.3) is 0 Å². The minimum atomic E-state index is -0.229. The molecule has 0 amide bonds. The van der Waals surface area contributed by atoms with E-state index in [1.165, 1.54) is 11.6 Å². The third-order valence-electron chi connectivity index (χ3n) is 3.47. The fourth-order valence-corrected chi connectivity index (χ4v) is 2.21. The first-order valence-electron chi connectivity index (χ1n) is 6.80. The summed E-state index contributed by atoms with van der Waals surface area (Å²) in [5.41, 5.74) is 4.98. The first-order valence-corrected chi connectivity index (χ1v) is 6.80. The molecule has 0 saturated heterocycles. The van der Waals surface area contributed by atoms with Gasteiger partial charge >= 0.3 is 0 Å². The molecule has 0 N–H and O–H groups in total. The van der Waals surface area contributed by atoms with Gasteiger partial charge in [0, 0.05) is 23.5 Å². The Morgan fingerprint density at radius 3 is 1.95 bits per heavy atom. The van der Waals surface area contributed by atoms with E-state index in [4.69, 9.17) is 0 Å². The summed E-state index contributed by atoms with van der Waals surface area (Å²) in [7, 11) is 0. The van der Waals surface area contributed by atoms with Crippen LogP contribution in [0.3, 0.4) is 0 Å². The Morgan fingerprint density at radius 1 is 0.762 bits per heavy atom. The second kappa shape index (κ2) is 5.44. The second-order valence-corrected chi connectivity index (χ2v) is 5.08. The predicted molar refractivity (Wildman–Crippen MR) is 82.3 cm³/mol. The van der Waals surface area contributed by atoms with Crippen LogP contribution in [0.5, 0.6) is 0 Å². The molecule has 3 aromatic rings. The first kappa shape index (κ1) is 13.4. The van der Waals surface area contributed by atoms with Gasteiger partial charge in [-0.05, 0) is 25.5 Å². The molecule has 1 heterocycles. The van der Waals surface area contributed by atoms with E-state index in [2.05, 4.69) is 9.97 Å². The molecule has 0 radical (unpaired) electrons. The zero-order chi connectivity index (χ0) is 14.8. The SMILES string of the molecule is Cc1ccc(-c2nccnc2-c2ccc(C)c(F)c2)cc1. The minimum absolute atomic E-state index is 0.229. The molecular weight excluding hydrogens is 263 g/mol. The molecule has 0 aliphatic rings. The Balaban J connectivity index is 2.15. The van der Waals surface area contributed by atoms with Crippen LogP contribution in [0, 0.1) is 19.7 Å². The summed E-state index contributed by atoms with van der Waals surface area (Å²) in [6.45, 7) is 3.79. The van der Waals surface area contributed by atoms with E-state index in [9.17, 15) is 4.39 Å². The molecule has 0 spiro atoms. The molecule has 0 unspecified atom stereocenters. The van der Waals surface area contributed by atoms with E-state index in [0.29, 0.717) is 11.3 Å². The lowest BCUT2D eigenvalue weighted by Gasteiger charge is -2.09. The summed E-state index contributed by atoms with van der Waals surface area (Å²) < 4.78 is 13.8. The maximum absolute atomic E-state index is 13.8. The van der Waals surface area contributed by atoms with Crippen LogP contribution in [0.15, 0.2) is 54.9 Å². The fraction of sp³-hybridized carbons (Fsp3) is 0.111. The lowest BCUT2D eigenvalue weighted by atomic mass is 10.0. The van der Waals surface area contributed by atoms with Crippen LogP contribution >= 0.6 is 0 Å². The summed E-state index contributed by atoms with van der Waals surface area (Å²) >= 11 is 0. The van der Waals surface area contributed by atoms with Crippen LogP contribution in [0.2, 0.25) is 0 Å². The molecule has 3 heteroatoms. The lowest BCUT2D eigenvalue weighted by Crippen LogP contribution is -1.93. The van der Waals surface area contributed by atoms with Gasteiger partial charge in [-0.2, -0.15) is 0 Å².